The molecule has 1 aromatic carbocycles. The van der Waals surface area contributed by atoms with Crippen molar-refractivity contribution in [3.05, 3.63) is 35.4 Å². The second-order valence-electron chi connectivity index (χ2n) is 7.74. The zero-order valence-electron chi connectivity index (χ0n) is 18.3. The van der Waals surface area contributed by atoms with E-state index >= 15 is 0 Å². The third kappa shape index (κ3) is 8.61. The summed E-state index contributed by atoms with van der Waals surface area (Å²) in [5.41, 5.74) is 2.72. The quantitative estimate of drug-likeness (QED) is 0.347. The van der Waals surface area contributed by atoms with Gasteiger partial charge in [-0.05, 0) is 69.5 Å². The van der Waals surface area contributed by atoms with Crippen LogP contribution in [0, 0.1) is 0 Å². The van der Waals surface area contributed by atoms with Crippen molar-refractivity contribution in [3.63, 3.8) is 0 Å². The molecule has 0 aliphatic carbocycles. The summed E-state index contributed by atoms with van der Waals surface area (Å²) in [5, 5.41) is 6.86. The highest BCUT2D eigenvalue weighted by atomic mass is 15.2. The number of rotatable bonds is 11. The van der Waals surface area contributed by atoms with Crippen LogP contribution in [0.25, 0.3) is 0 Å². The standard InChI is InChI=1S/C23H41N5/c1-4-27(5-2)16-10-7-15-25-23(24-3)26-19-21-11-13-22(14-12-21)20-28-17-8-6-9-18-28/h11-14H,4-10,15-20H2,1-3H3,(H2,24,25,26). The van der Waals surface area contributed by atoms with Crippen LogP contribution in [0.1, 0.15) is 57.1 Å². The Morgan fingerprint density at radius 3 is 2.29 bits per heavy atom. The van der Waals surface area contributed by atoms with E-state index < -0.39 is 0 Å². The van der Waals surface area contributed by atoms with Crippen LogP contribution in [-0.4, -0.2) is 62.1 Å². The maximum atomic E-state index is 4.34. The molecule has 0 amide bonds. The molecule has 2 rings (SSSR count). The first kappa shape index (κ1) is 22.7. The van der Waals surface area contributed by atoms with E-state index in [2.05, 4.69) is 63.5 Å². The monoisotopic (exact) mass is 387 g/mol. The Labute approximate surface area is 172 Å². The Morgan fingerprint density at radius 1 is 0.964 bits per heavy atom. The molecule has 0 aromatic heterocycles. The van der Waals surface area contributed by atoms with Crippen molar-refractivity contribution in [2.24, 2.45) is 4.99 Å². The van der Waals surface area contributed by atoms with Crippen LogP contribution >= 0.6 is 0 Å². The Morgan fingerprint density at radius 2 is 1.64 bits per heavy atom. The molecule has 0 unspecified atom stereocenters. The molecule has 0 bridgehead atoms. The number of likely N-dealkylation sites (tertiary alicyclic amines) is 1. The summed E-state index contributed by atoms with van der Waals surface area (Å²) >= 11 is 0. The zero-order valence-corrected chi connectivity index (χ0v) is 18.3. The fourth-order valence-electron chi connectivity index (χ4n) is 3.75. The van der Waals surface area contributed by atoms with Gasteiger partial charge in [-0.1, -0.05) is 44.5 Å². The van der Waals surface area contributed by atoms with Gasteiger partial charge >= 0.3 is 0 Å². The van der Waals surface area contributed by atoms with Gasteiger partial charge in [0.2, 0.25) is 0 Å². The zero-order chi connectivity index (χ0) is 20.0. The summed E-state index contributed by atoms with van der Waals surface area (Å²) in [6, 6.07) is 9.03. The van der Waals surface area contributed by atoms with Crippen molar-refractivity contribution in [1.29, 1.82) is 0 Å². The lowest BCUT2D eigenvalue weighted by molar-refractivity contribution is 0.221. The van der Waals surface area contributed by atoms with E-state index in [9.17, 15) is 0 Å². The molecule has 5 heteroatoms. The lowest BCUT2D eigenvalue weighted by Gasteiger charge is -2.26. The van der Waals surface area contributed by atoms with E-state index in [1.165, 1.54) is 62.9 Å². The fourth-order valence-corrected chi connectivity index (χ4v) is 3.75. The molecule has 28 heavy (non-hydrogen) atoms. The molecule has 1 fully saturated rings. The molecule has 1 heterocycles. The second-order valence-corrected chi connectivity index (χ2v) is 7.74. The van der Waals surface area contributed by atoms with Crippen LogP contribution in [0.2, 0.25) is 0 Å². The minimum atomic E-state index is 0.809. The summed E-state index contributed by atoms with van der Waals surface area (Å²) in [6.07, 6.45) is 6.49. The summed E-state index contributed by atoms with van der Waals surface area (Å²) in [7, 11) is 1.84. The van der Waals surface area contributed by atoms with Gasteiger partial charge in [-0.2, -0.15) is 0 Å². The first-order valence-electron chi connectivity index (χ1n) is 11.2. The molecule has 1 aliphatic rings. The van der Waals surface area contributed by atoms with Gasteiger partial charge < -0.3 is 15.5 Å². The Balaban J connectivity index is 1.64. The first-order valence-corrected chi connectivity index (χ1v) is 11.2. The van der Waals surface area contributed by atoms with E-state index in [-0.39, 0.29) is 0 Å². The van der Waals surface area contributed by atoms with Crippen LogP contribution in [0.4, 0.5) is 0 Å². The number of aliphatic imine (C=N–C) groups is 1. The SMILES string of the molecule is CCN(CC)CCCCNC(=NC)NCc1ccc(CN2CCCCC2)cc1. The largest absolute Gasteiger partial charge is 0.356 e. The maximum Gasteiger partial charge on any atom is 0.191 e. The first-order chi connectivity index (χ1) is 13.7. The molecule has 2 N–H and O–H groups in total. The van der Waals surface area contributed by atoms with Crippen LogP contribution < -0.4 is 10.6 Å². The summed E-state index contributed by atoms with van der Waals surface area (Å²) < 4.78 is 0. The topological polar surface area (TPSA) is 42.9 Å². The van der Waals surface area contributed by atoms with E-state index in [1.807, 2.05) is 7.05 Å². The summed E-state index contributed by atoms with van der Waals surface area (Å²) in [6.45, 7) is 13.3. The van der Waals surface area contributed by atoms with Crippen LogP contribution in [0.5, 0.6) is 0 Å². The van der Waals surface area contributed by atoms with Crippen LogP contribution in [-0.2, 0) is 13.1 Å². The van der Waals surface area contributed by atoms with Gasteiger partial charge in [0.15, 0.2) is 5.96 Å². The number of nitrogens with zero attached hydrogens (tertiary/aromatic N) is 3. The molecule has 1 aliphatic heterocycles. The van der Waals surface area contributed by atoms with Crippen LogP contribution in [0.3, 0.4) is 0 Å². The lowest BCUT2D eigenvalue weighted by atomic mass is 10.1. The summed E-state index contributed by atoms with van der Waals surface area (Å²) in [4.78, 5) is 9.39. The van der Waals surface area contributed by atoms with E-state index in [4.69, 9.17) is 0 Å². The maximum absolute atomic E-state index is 4.34. The third-order valence-electron chi connectivity index (χ3n) is 5.65. The molecular formula is C23H41N5. The van der Waals surface area contributed by atoms with Gasteiger partial charge in [0.05, 0.1) is 0 Å². The third-order valence-corrected chi connectivity index (χ3v) is 5.65. The Hall–Kier alpha value is -1.59. The van der Waals surface area contributed by atoms with Crippen molar-refractivity contribution in [3.8, 4) is 0 Å². The predicted octanol–water partition coefficient (Wildman–Crippen LogP) is 3.46. The molecule has 0 atom stereocenters. The van der Waals surface area contributed by atoms with Crippen molar-refractivity contribution in [2.45, 2.75) is 59.0 Å². The van der Waals surface area contributed by atoms with E-state index in [1.54, 1.807) is 0 Å². The number of hydrogen-bond donors (Lipinski definition) is 2. The molecule has 1 saturated heterocycles. The van der Waals surface area contributed by atoms with Crippen molar-refractivity contribution < 1.29 is 0 Å². The minimum absolute atomic E-state index is 0.809. The average molecular weight is 388 g/mol. The highest BCUT2D eigenvalue weighted by Crippen LogP contribution is 2.13. The smallest absolute Gasteiger partial charge is 0.191 e. The molecule has 158 valence electrons. The molecular weight excluding hydrogens is 346 g/mol. The van der Waals surface area contributed by atoms with E-state index in [0.717, 1.165) is 38.7 Å². The summed E-state index contributed by atoms with van der Waals surface area (Å²) in [5.74, 6) is 0.889. The Kier molecular flexibility index (Phi) is 11.0. The number of benzene rings is 1. The highest BCUT2D eigenvalue weighted by molar-refractivity contribution is 5.79. The normalized spacial score (nSPS) is 15.8. The number of hydrogen-bond acceptors (Lipinski definition) is 3. The van der Waals surface area contributed by atoms with Gasteiger partial charge in [-0.15, -0.1) is 0 Å². The highest BCUT2D eigenvalue weighted by Gasteiger charge is 2.10. The second kappa shape index (κ2) is 13.6. The molecule has 0 spiro atoms. The van der Waals surface area contributed by atoms with Gasteiger partial charge in [0.25, 0.3) is 0 Å². The number of piperidine rings is 1. The molecule has 0 saturated carbocycles. The molecule has 0 radical (unpaired) electrons. The average Bonchev–Trinajstić information content (AvgIpc) is 2.74. The van der Waals surface area contributed by atoms with Gasteiger partial charge in [-0.25, -0.2) is 0 Å². The predicted molar refractivity (Wildman–Crippen MR) is 121 cm³/mol. The van der Waals surface area contributed by atoms with Gasteiger partial charge in [0.1, 0.15) is 0 Å². The number of guanidine groups is 1. The van der Waals surface area contributed by atoms with Crippen molar-refractivity contribution in [2.75, 3.05) is 46.3 Å². The number of nitrogens with one attached hydrogen (secondary N) is 2. The number of unbranched alkanes of at least 4 members (excludes halogenated alkanes) is 1. The van der Waals surface area contributed by atoms with Gasteiger partial charge in [-0.3, -0.25) is 9.89 Å². The molecule has 5 nitrogen and oxygen atoms in total. The lowest BCUT2D eigenvalue weighted by Crippen LogP contribution is -2.37. The minimum Gasteiger partial charge on any atom is -0.356 e. The van der Waals surface area contributed by atoms with Crippen molar-refractivity contribution >= 4 is 5.96 Å². The van der Waals surface area contributed by atoms with Crippen LogP contribution in [0.15, 0.2) is 29.3 Å². The molecule has 1 aromatic rings. The van der Waals surface area contributed by atoms with Crippen molar-refractivity contribution in [1.82, 2.24) is 20.4 Å². The fraction of sp³-hybridized carbons (Fsp3) is 0.696. The Bertz CT molecular complexity index is 545. The van der Waals surface area contributed by atoms with E-state index in [0.29, 0.717) is 0 Å². The van der Waals surface area contributed by atoms with Gasteiger partial charge in [0, 0.05) is 26.7 Å².